The van der Waals surface area contributed by atoms with Crippen LogP contribution in [0, 0.1) is 5.82 Å². The fraction of sp³-hybridized carbons (Fsp3) is 0.286. The number of anilines is 3. The second-order valence-electron chi connectivity index (χ2n) is 10.5. The third kappa shape index (κ3) is 6.48. The third-order valence-corrected chi connectivity index (χ3v) is 6.58. The van der Waals surface area contributed by atoms with Gasteiger partial charge >= 0.3 is 6.09 Å². The molecular weight excluding hydrogens is 489 g/mol. The van der Waals surface area contributed by atoms with Crippen LogP contribution in [0.3, 0.4) is 0 Å². The Balaban J connectivity index is 1.76. The number of para-hydroxylation sites is 1. The van der Waals surface area contributed by atoms with Crippen molar-refractivity contribution in [1.82, 2.24) is 15.0 Å². The van der Waals surface area contributed by atoms with Gasteiger partial charge in [0.25, 0.3) is 0 Å². The van der Waals surface area contributed by atoms with Gasteiger partial charge in [0.1, 0.15) is 5.60 Å². The van der Waals surface area contributed by atoms with Crippen LogP contribution in [-0.4, -0.2) is 26.6 Å². The van der Waals surface area contributed by atoms with E-state index in [4.69, 9.17) is 14.7 Å². The minimum Gasteiger partial charge on any atom is -0.444 e. The molecule has 4 rings (SSSR count). The van der Waals surface area contributed by atoms with Crippen LogP contribution < -0.4 is 10.6 Å². The van der Waals surface area contributed by atoms with Gasteiger partial charge in [-0.25, -0.2) is 24.1 Å². The molecule has 0 radical (unpaired) electrons. The number of amides is 1. The first-order chi connectivity index (χ1) is 17.4. The number of halogens is 1. The van der Waals surface area contributed by atoms with Gasteiger partial charge in [-0.2, -0.15) is 0 Å². The Kier molecular flexibility index (Phi) is 7.27. The maximum atomic E-state index is 15.8. The summed E-state index contributed by atoms with van der Waals surface area (Å²) in [6.45, 7) is 11.4. The van der Waals surface area contributed by atoms with E-state index in [0.717, 1.165) is 10.7 Å². The van der Waals surface area contributed by atoms with Crippen molar-refractivity contribution in [2.24, 2.45) is 0 Å². The number of thiazole rings is 1. The van der Waals surface area contributed by atoms with Crippen molar-refractivity contribution in [2.75, 3.05) is 10.6 Å². The van der Waals surface area contributed by atoms with E-state index in [0.29, 0.717) is 22.2 Å². The lowest BCUT2D eigenvalue weighted by atomic mass is 9.98. The number of benzene rings is 2. The highest BCUT2D eigenvalue weighted by Gasteiger charge is 2.26. The zero-order chi connectivity index (χ0) is 26.8. The Labute approximate surface area is 220 Å². The molecule has 2 aromatic carbocycles. The van der Waals surface area contributed by atoms with Crippen LogP contribution in [-0.2, 0) is 10.2 Å². The van der Waals surface area contributed by atoms with Crippen molar-refractivity contribution >= 4 is 34.8 Å². The molecule has 0 aliphatic carbocycles. The second kappa shape index (κ2) is 10.3. The third-order valence-electron chi connectivity index (χ3n) is 5.08. The number of carbonyl (C=O) groups excluding carboxylic acids is 1. The van der Waals surface area contributed by atoms with Crippen molar-refractivity contribution in [3.8, 4) is 21.8 Å². The summed E-state index contributed by atoms with van der Waals surface area (Å²) in [6, 6.07) is 16.2. The molecule has 0 aliphatic rings. The molecule has 4 aromatic rings. The van der Waals surface area contributed by atoms with E-state index >= 15 is 4.39 Å². The summed E-state index contributed by atoms with van der Waals surface area (Å²) in [4.78, 5) is 26.9. The molecule has 2 N–H and O–H groups in total. The quantitative estimate of drug-likeness (QED) is 0.280. The summed E-state index contributed by atoms with van der Waals surface area (Å²) in [6.07, 6.45) is 0.926. The smallest absolute Gasteiger partial charge is 0.412 e. The van der Waals surface area contributed by atoms with Gasteiger partial charge < -0.3 is 10.1 Å². The molecule has 0 atom stereocenters. The van der Waals surface area contributed by atoms with Crippen LogP contribution in [0.4, 0.5) is 26.5 Å². The van der Waals surface area contributed by atoms with Crippen molar-refractivity contribution in [3.63, 3.8) is 0 Å². The van der Waals surface area contributed by atoms with Gasteiger partial charge in [0.2, 0.25) is 5.95 Å². The highest BCUT2D eigenvalue weighted by atomic mass is 32.1. The zero-order valence-electron chi connectivity index (χ0n) is 21.7. The number of nitrogens with one attached hydrogen (secondary N) is 2. The largest absolute Gasteiger partial charge is 0.444 e. The first kappa shape index (κ1) is 26.2. The van der Waals surface area contributed by atoms with E-state index in [1.54, 1.807) is 45.2 Å². The monoisotopic (exact) mass is 519 g/mol. The SMILES string of the molecule is CC(C)(C)OC(=O)Nc1cccc(-c2nc(C(C)(C)C)sc2-c2ccnc(Nc3ccccc3)n2)c1F. The molecule has 2 aromatic heterocycles. The zero-order valence-corrected chi connectivity index (χ0v) is 22.5. The summed E-state index contributed by atoms with van der Waals surface area (Å²) in [5, 5.41) is 6.54. The average molecular weight is 520 g/mol. The number of hydrogen-bond donors (Lipinski definition) is 2. The van der Waals surface area contributed by atoms with E-state index in [1.807, 2.05) is 30.3 Å². The Hall–Kier alpha value is -3.85. The maximum Gasteiger partial charge on any atom is 0.412 e. The fourth-order valence-electron chi connectivity index (χ4n) is 3.42. The fourth-order valence-corrected chi connectivity index (χ4v) is 4.53. The van der Waals surface area contributed by atoms with E-state index in [2.05, 4.69) is 36.4 Å². The average Bonchev–Trinajstić information content (AvgIpc) is 3.26. The number of nitrogens with zero attached hydrogens (tertiary/aromatic N) is 3. The summed E-state index contributed by atoms with van der Waals surface area (Å²) in [7, 11) is 0. The normalized spacial score (nSPS) is 11.8. The summed E-state index contributed by atoms with van der Waals surface area (Å²) in [5.41, 5.74) is 1.21. The first-order valence-corrected chi connectivity index (χ1v) is 12.7. The molecule has 192 valence electrons. The predicted octanol–water partition coefficient (Wildman–Crippen LogP) is 7.79. The van der Waals surface area contributed by atoms with Crippen molar-refractivity contribution in [3.05, 3.63) is 71.6 Å². The molecule has 0 aliphatic heterocycles. The molecule has 0 spiro atoms. The van der Waals surface area contributed by atoms with E-state index in [-0.39, 0.29) is 16.7 Å². The highest BCUT2D eigenvalue weighted by Crippen LogP contribution is 2.42. The minimum atomic E-state index is -0.732. The van der Waals surface area contributed by atoms with E-state index in [9.17, 15) is 4.79 Å². The molecule has 37 heavy (non-hydrogen) atoms. The lowest BCUT2D eigenvalue weighted by Crippen LogP contribution is -2.27. The van der Waals surface area contributed by atoms with Crippen LogP contribution >= 0.6 is 11.3 Å². The number of ether oxygens (including phenoxy) is 1. The minimum absolute atomic E-state index is 0.0112. The Bertz CT molecular complexity index is 1410. The highest BCUT2D eigenvalue weighted by molar-refractivity contribution is 7.15. The lowest BCUT2D eigenvalue weighted by molar-refractivity contribution is 0.0635. The number of carbonyl (C=O) groups is 1. The summed E-state index contributed by atoms with van der Waals surface area (Å²) in [5.74, 6) is -0.182. The van der Waals surface area contributed by atoms with Gasteiger partial charge in [0, 0.05) is 22.9 Å². The molecule has 0 fully saturated rings. The number of aromatic nitrogens is 3. The Morgan fingerprint density at radius 1 is 0.946 bits per heavy atom. The molecule has 9 heteroatoms. The molecule has 7 nitrogen and oxygen atoms in total. The van der Waals surface area contributed by atoms with E-state index < -0.39 is 17.5 Å². The molecule has 2 heterocycles. The van der Waals surface area contributed by atoms with Crippen molar-refractivity contribution < 1.29 is 13.9 Å². The van der Waals surface area contributed by atoms with Gasteiger partial charge in [-0.3, -0.25) is 5.32 Å². The van der Waals surface area contributed by atoms with Crippen LogP contribution in [0.2, 0.25) is 0 Å². The van der Waals surface area contributed by atoms with Crippen LogP contribution in [0.1, 0.15) is 46.6 Å². The van der Waals surface area contributed by atoms with Crippen molar-refractivity contribution in [2.45, 2.75) is 52.6 Å². The topological polar surface area (TPSA) is 89.0 Å². The van der Waals surface area contributed by atoms with Gasteiger partial charge in [-0.15, -0.1) is 11.3 Å². The van der Waals surface area contributed by atoms with Crippen molar-refractivity contribution in [1.29, 1.82) is 0 Å². The molecule has 0 unspecified atom stereocenters. The number of hydrogen-bond acceptors (Lipinski definition) is 7. The van der Waals surface area contributed by atoms with Gasteiger partial charge in [-0.05, 0) is 51.1 Å². The molecular formula is C28H30FN5O2S. The second-order valence-corrected chi connectivity index (χ2v) is 11.5. The van der Waals surface area contributed by atoms with Gasteiger partial charge in [0.05, 0.1) is 27.0 Å². The Morgan fingerprint density at radius 3 is 2.35 bits per heavy atom. The van der Waals surface area contributed by atoms with Gasteiger partial charge in [0.15, 0.2) is 5.82 Å². The first-order valence-electron chi connectivity index (χ1n) is 11.9. The maximum absolute atomic E-state index is 15.8. The summed E-state index contributed by atoms with van der Waals surface area (Å²) >= 11 is 1.46. The molecule has 0 saturated heterocycles. The van der Waals surface area contributed by atoms with Crippen LogP contribution in [0.25, 0.3) is 21.8 Å². The molecule has 0 saturated carbocycles. The standard InChI is InChI=1S/C28H30FN5O2S/c1-27(2,3)24-34-22(18-13-10-14-19(21(18)29)33-26(35)36-28(4,5)6)23(37-24)20-15-16-30-25(32-20)31-17-11-8-7-9-12-17/h7-16H,1-6H3,(H,33,35)(H,30,31,32). The van der Waals surface area contributed by atoms with Crippen LogP contribution in [0.15, 0.2) is 60.8 Å². The Morgan fingerprint density at radius 2 is 1.68 bits per heavy atom. The molecule has 0 bridgehead atoms. The predicted molar refractivity (Wildman–Crippen MR) is 147 cm³/mol. The van der Waals surface area contributed by atoms with Crippen LogP contribution in [0.5, 0.6) is 0 Å². The van der Waals surface area contributed by atoms with E-state index in [1.165, 1.54) is 17.4 Å². The van der Waals surface area contributed by atoms with Gasteiger partial charge in [-0.1, -0.05) is 45.0 Å². The summed E-state index contributed by atoms with van der Waals surface area (Å²) < 4.78 is 21.1. The number of rotatable bonds is 5. The lowest BCUT2D eigenvalue weighted by Gasteiger charge is -2.20. The molecule has 1 amide bonds.